The van der Waals surface area contributed by atoms with Crippen molar-refractivity contribution in [3.05, 3.63) is 80.2 Å². The zero-order chi connectivity index (χ0) is 30.2. The van der Waals surface area contributed by atoms with Crippen molar-refractivity contribution in [3.63, 3.8) is 0 Å². The van der Waals surface area contributed by atoms with Gasteiger partial charge < -0.3 is 19.9 Å². The number of carbonyl (C=O) groups is 1. The number of aryl methyl sites for hydroxylation is 1. The molecule has 1 aliphatic heterocycles. The largest absolute Gasteiger partial charge is 0.479 e. The fourth-order valence-electron chi connectivity index (χ4n) is 4.50. The number of halogens is 2. The molecule has 0 aliphatic carbocycles. The van der Waals surface area contributed by atoms with Crippen LogP contribution in [0.15, 0.2) is 57.7 Å². The highest BCUT2D eigenvalue weighted by Gasteiger charge is 2.43. The Hall–Kier alpha value is -4.76. The first-order chi connectivity index (χ1) is 19.4. The predicted octanol–water partition coefficient (Wildman–Crippen LogP) is 3.64. The third kappa shape index (κ3) is 5.36. The van der Waals surface area contributed by atoms with E-state index in [4.69, 9.17) is 27.1 Å². The number of hydrogen-bond donors (Lipinski definition) is 1. The van der Waals surface area contributed by atoms with Gasteiger partial charge in [0, 0.05) is 32.9 Å². The number of rotatable bonds is 7. The number of methoxy groups -OCH3 is 1. The molecule has 3 aromatic rings. The second-order valence-electron chi connectivity index (χ2n) is 9.83. The number of anilines is 2. The first-order valence-electron chi connectivity index (χ1n) is 12.5. The Bertz CT molecular complexity index is 1680. The zero-order valence-electron chi connectivity index (χ0n) is 23.3. The number of pyridine rings is 1. The number of benzene rings is 1. The van der Waals surface area contributed by atoms with Crippen LogP contribution in [0.5, 0.6) is 5.88 Å². The van der Waals surface area contributed by atoms with Gasteiger partial charge in [0.25, 0.3) is 11.5 Å². The van der Waals surface area contributed by atoms with Crippen LogP contribution in [0.2, 0.25) is 5.02 Å². The number of nitrogens with two attached hydrogens (primary N) is 1. The predicted molar refractivity (Wildman–Crippen MR) is 154 cm³/mol. The third-order valence-electron chi connectivity index (χ3n) is 6.48. The number of ether oxygens (including phenoxy) is 1. The van der Waals surface area contributed by atoms with Crippen molar-refractivity contribution in [1.29, 1.82) is 5.26 Å². The molecule has 1 unspecified atom stereocenters. The molecular formula is C28H28ClFN8O3. The molecule has 11 nitrogen and oxygen atoms in total. The van der Waals surface area contributed by atoms with Gasteiger partial charge in [0.2, 0.25) is 11.8 Å². The molecule has 0 fully saturated rings. The summed E-state index contributed by atoms with van der Waals surface area (Å²) in [7, 11) is 6.52. The topological polar surface area (TPSA) is 143 Å². The quantitative estimate of drug-likeness (QED) is 0.419. The normalized spacial score (nSPS) is 15.5. The van der Waals surface area contributed by atoms with Crippen LogP contribution in [0.1, 0.15) is 31.0 Å². The van der Waals surface area contributed by atoms with Crippen LogP contribution in [0.3, 0.4) is 0 Å². The van der Waals surface area contributed by atoms with Gasteiger partial charge in [-0.1, -0.05) is 31.5 Å². The number of hydrogen-bond acceptors (Lipinski definition) is 9. The molecule has 0 spiro atoms. The molecule has 1 aromatic carbocycles. The summed E-state index contributed by atoms with van der Waals surface area (Å²) in [5.74, 6) is -1.04. The lowest BCUT2D eigenvalue weighted by Gasteiger charge is -2.29. The van der Waals surface area contributed by atoms with Gasteiger partial charge in [-0.05, 0) is 29.7 Å². The molecule has 4 rings (SSSR count). The highest BCUT2D eigenvalue weighted by atomic mass is 35.5. The van der Waals surface area contributed by atoms with Crippen molar-refractivity contribution in [2.24, 2.45) is 23.7 Å². The van der Waals surface area contributed by atoms with Crippen LogP contribution in [0.25, 0.3) is 0 Å². The van der Waals surface area contributed by atoms with Crippen LogP contribution in [0.4, 0.5) is 21.7 Å². The summed E-state index contributed by atoms with van der Waals surface area (Å²) in [4.78, 5) is 42.7. The van der Waals surface area contributed by atoms with Gasteiger partial charge in [-0.2, -0.15) is 10.2 Å². The summed E-state index contributed by atoms with van der Waals surface area (Å²) >= 11 is 6.20. The Morgan fingerprint density at radius 2 is 2.00 bits per heavy atom. The smallest absolute Gasteiger partial charge is 0.275 e. The van der Waals surface area contributed by atoms with Crippen LogP contribution in [-0.2, 0) is 11.8 Å². The number of carbonyl (C=O) groups excluding carboxylic acids is 1. The van der Waals surface area contributed by atoms with Gasteiger partial charge in [0.1, 0.15) is 28.3 Å². The minimum Gasteiger partial charge on any atom is -0.479 e. The van der Waals surface area contributed by atoms with E-state index in [0.29, 0.717) is 28.5 Å². The fraction of sp³-hybridized carbons (Fsp3) is 0.286. The zero-order valence-corrected chi connectivity index (χ0v) is 24.1. The number of nitriles is 1. The molecule has 2 N–H and O–H groups in total. The van der Waals surface area contributed by atoms with E-state index in [2.05, 4.69) is 9.97 Å². The number of aromatic nitrogens is 3. The van der Waals surface area contributed by atoms with Gasteiger partial charge in [-0.15, -0.1) is 0 Å². The lowest BCUT2D eigenvalue weighted by Crippen LogP contribution is -2.33. The van der Waals surface area contributed by atoms with E-state index >= 15 is 0 Å². The fourth-order valence-corrected chi connectivity index (χ4v) is 4.75. The van der Waals surface area contributed by atoms with Gasteiger partial charge in [0.05, 0.1) is 36.3 Å². The van der Waals surface area contributed by atoms with Crippen LogP contribution < -0.4 is 25.8 Å². The Balaban J connectivity index is 2.00. The number of aliphatic imine (C=N–C) groups is 1. The minimum atomic E-state index is -0.979. The van der Waals surface area contributed by atoms with Crippen molar-refractivity contribution in [2.45, 2.75) is 19.9 Å². The van der Waals surface area contributed by atoms with Crippen molar-refractivity contribution in [3.8, 4) is 11.9 Å². The maximum atomic E-state index is 14.9. The molecule has 1 amide bonds. The Labute approximate surface area is 241 Å². The second kappa shape index (κ2) is 11.4. The van der Waals surface area contributed by atoms with Crippen LogP contribution in [-0.4, -0.2) is 47.4 Å². The van der Waals surface area contributed by atoms with Crippen molar-refractivity contribution in [2.75, 3.05) is 31.0 Å². The minimum absolute atomic E-state index is 0.116. The van der Waals surface area contributed by atoms with Crippen molar-refractivity contribution >= 4 is 40.5 Å². The first-order valence-corrected chi connectivity index (χ1v) is 12.8. The summed E-state index contributed by atoms with van der Waals surface area (Å²) in [5.41, 5.74) is 7.36. The van der Waals surface area contributed by atoms with E-state index < -0.39 is 23.3 Å². The molecule has 13 heteroatoms. The molecule has 0 bridgehead atoms. The van der Waals surface area contributed by atoms with Gasteiger partial charge >= 0.3 is 0 Å². The van der Waals surface area contributed by atoms with Gasteiger partial charge in [-0.3, -0.25) is 14.5 Å². The van der Waals surface area contributed by atoms with E-state index in [9.17, 15) is 19.2 Å². The Kier molecular flexibility index (Phi) is 8.12. The van der Waals surface area contributed by atoms with Crippen LogP contribution >= 0.6 is 11.6 Å². The number of nitrogens with zero attached hydrogens (tertiary/aromatic N) is 7. The molecule has 3 heterocycles. The highest BCUT2D eigenvalue weighted by molar-refractivity contribution is 6.31. The lowest BCUT2D eigenvalue weighted by atomic mass is 9.89. The van der Waals surface area contributed by atoms with E-state index in [1.54, 1.807) is 31.1 Å². The summed E-state index contributed by atoms with van der Waals surface area (Å²) in [5, 5.41) is 9.16. The third-order valence-corrected chi connectivity index (χ3v) is 6.75. The molecule has 41 heavy (non-hydrogen) atoms. The van der Waals surface area contributed by atoms with Gasteiger partial charge in [-0.25, -0.2) is 14.4 Å². The molecule has 0 saturated carbocycles. The monoisotopic (exact) mass is 578 g/mol. The Morgan fingerprint density at radius 1 is 1.29 bits per heavy atom. The average Bonchev–Trinajstić information content (AvgIpc) is 3.19. The number of amides is 1. The standard InChI is InChI=1S/C28H28ClFN8O3/c1-14(2)23(34-20-12-33-28(36(3)4)35-25(20)41-6)21-22(32)27(40)38(17-10-18(29)26(39)37(5)13-17)24(21)15-7-8-16(11-31)19(30)9-15/h7-10,12-14,24H,32H2,1-6H3. The average molecular weight is 579 g/mol. The van der Waals surface area contributed by atoms with Crippen molar-refractivity contribution in [1.82, 2.24) is 14.5 Å². The Morgan fingerprint density at radius 3 is 2.56 bits per heavy atom. The maximum absolute atomic E-state index is 14.9. The van der Waals surface area contributed by atoms with E-state index in [1.807, 2.05) is 13.8 Å². The van der Waals surface area contributed by atoms with E-state index in [0.717, 1.165) is 0 Å². The lowest BCUT2D eigenvalue weighted by molar-refractivity contribution is -0.114. The van der Waals surface area contributed by atoms with Crippen LogP contribution in [0, 0.1) is 23.1 Å². The molecular weight excluding hydrogens is 551 g/mol. The van der Waals surface area contributed by atoms with Gasteiger partial charge in [0.15, 0.2) is 0 Å². The summed E-state index contributed by atoms with van der Waals surface area (Å²) in [6.45, 7) is 3.74. The molecule has 1 aliphatic rings. The first kappa shape index (κ1) is 29.2. The molecule has 0 saturated heterocycles. The summed E-state index contributed by atoms with van der Waals surface area (Å²) in [6, 6.07) is 6.23. The summed E-state index contributed by atoms with van der Waals surface area (Å²) in [6.07, 6.45) is 2.94. The molecule has 212 valence electrons. The van der Waals surface area contributed by atoms with Crippen molar-refractivity contribution < 1.29 is 13.9 Å². The molecule has 2 aromatic heterocycles. The highest BCUT2D eigenvalue weighted by Crippen LogP contribution is 2.43. The SMILES string of the molecule is COc1nc(N(C)C)ncc1N=C(C1=C(N)C(=O)N(c2cc(Cl)c(=O)n(C)c2)C1c1ccc(C#N)c(F)c1)C(C)C. The molecule has 0 radical (unpaired) electrons. The van der Waals surface area contributed by atoms with E-state index in [1.165, 1.54) is 54.2 Å². The van der Waals surface area contributed by atoms with E-state index in [-0.39, 0.29) is 33.8 Å². The maximum Gasteiger partial charge on any atom is 0.275 e. The molecule has 1 atom stereocenters. The second-order valence-corrected chi connectivity index (χ2v) is 10.2. The summed E-state index contributed by atoms with van der Waals surface area (Å²) < 4.78 is 21.6.